The number of benzene rings is 1. The Hall–Kier alpha value is -2.64. The number of aliphatic carboxylic acids is 1. The molecule has 1 amide bonds. The Morgan fingerprint density at radius 2 is 1.89 bits per heavy atom. The van der Waals surface area contributed by atoms with Crippen molar-refractivity contribution in [3.8, 4) is 0 Å². The third-order valence-corrected chi connectivity index (χ3v) is 5.43. The number of carboxylic acid groups (broad SMARTS) is 1. The fraction of sp³-hybridized carbons (Fsp3) is 0.579. The lowest BCUT2D eigenvalue weighted by molar-refractivity contribution is -0.384. The largest absolute Gasteiger partial charge is 0.480 e. The third kappa shape index (κ3) is 3.89. The summed E-state index contributed by atoms with van der Waals surface area (Å²) in [6.07, 6.45) is 2.11. The minimum Gasteiger partial charge on any atom is -0.480 e. The van der Waals surface area contributed by atoms with Crippen molar-refractivity contribution in [2.45, 2.75) is 39.2 Å². The quantitative estimate of drug-likeness (QED) is 0.641. The summed E-state index contributed by atoms with van der Waals surface area (Å²) in [4.78, 5) is 38.6. The van der Waals surface area contributed by atoms with Gasteiger partial charge < -0.3 is 14.9 Å². The van der Waals surface area contributed by atoms with E-state index in [9.17, 15) is 24.8 Å². The highest BCUT2D eigenvalue weighted by molar-refractivity contribution is 5.98. The first-order chi connectivity index (χ1) is 12.8. The minimum absolute atomic E-state index is 0.103. The highest BCUT2D eigenvalue weighted by Gasteiger charge is 2.35. The highest BCUT2D eigenvalue weighted by Crippen LogP contribution is 2.34. The number of carbonyl (C=O) groups excluding carboxylic acids is 1. The zero-order valence-corrected chi connectivity index (χ0v) is 15.6. The van der Waals surface area contributed by atoms with Crippen LogP contribution in [0.25, 0.3) is 0 Å². The molecule has 2 aliphatic rings. The van der Waals surface area contributed by atoms with Crippen molar-refractivity contribution in [2.75, 3.05) is 24.5 Å². The van der Waals surface area contributed by atoms with Crippen LogP contribution in [0.5, 0.6) is 0 Å². The number of likely N-dealkylation sites (tertiary alicyclic amines) is 1. The average molecular weight is 375 g/mol. The maximum Gasteiger partial charge on any atom is 0.326 e. The second-order valence-corrected chi connectivity index (χ2v) is 7.81. The molecule has 8 heteroatoms. The van der Waals surface area contributed by atoms with Gasteiger partial charge in [0.2, 0.25) is 0 Å². The summed E-state index contributed by atoms with van der Waals surface area (Å²) in [5.74, 6) is -0.621. The van der Waals surface area contributed by atoms with Gasteiger partial charge >= 0.3 is 5.97 Å². The van der Waals surface area contributed by atoms with E-state index in [-0.39, 0.29) is 11.3 Å². The molecular weight excluding hydrogens is 350 g/mol. The number of piperidine rings is 1. The molecule has 0 aliphatic carbocycles. The molecule has 0 saturated carbocycles. The van der Waals surface area contributed by atoms with Gasteiger partial charge in [-0.2, -0.15) is 0 Å². The molecule has 27 heavy (non-hydrogen) atoms. The molecular formula is C19H25N3O5. The van der Waals surface area contributed by atoms with Gasteiger partial charge in [0, 0.05) is 31.3 Å². The predicted molar refractivity (Wildman–Crippen MR) is 99.9 cm³/mol. The summed E-state index contributed by atoms with van der Waals surface area (Å²) in [6.45, 7) is 6.10. The van der Waals surface area contributed by atoms with Crippen LogP contribution in [0.3, 0.4) is 0 Å². The Labute approximate surface area is 157 Å². The number of hydrogen-bond acceptors (Lipinski definition) is 5. The van der Waals surface area contributed by atoms with Gasteiger partial charge in [-0.15, -0.1) is 0 Å². The molecule has 1 aromatic carbocycles. The normalized spacial score (nSPS) is 25.5. The summed E-state index contributed by atoms with van der Waals surface area (Å²) in [5.41, 5.74) is 0.580. The van der Waals surface area contributed by atoms with E-state index in [1.54, 1.807) is 12.1 Å². The molecule has 146 valence electrons. The van der Waals surface area contributed by atoms with Crippen molar-refractivity contribution < 1.29 is 19.6 Å². The van der Waals surface area contributed by atoms with Crippen molar-refractivity contribution in [2.24, 2.45) is 11.8 Å². The number of amides is 1. The second kappa shape index (κ2) is 7.54. The lowest BCUT2D eigenvalue weighted by atomic mass is 9.91. The first kappa shape index (κ1) is 19.1. The average Bonchev–Trinajstić information content (AvgIpc) is 3.09. The number of hydrogen-bond donors (Lipinski definition) is 1. The molecule has 0 aromatic heterocycles. The van der Waals surface area contributed by atoms with Gasteiger partial charge in [0.25, 0.3) is 11.6 Å². The van der Waals surface area contributed by atoms with Crippen molar-refractivity contribution in [3.05, 3.63) is 33.9 Å². The molecule has 2 fully saturated rings. The predicted octanol–water partition coefficient (Wildman–Crippen LogP) is 2.77. The summed E-state index contributed by atoms with van der Waals surface area (Å²) < 4.78 is 0. The summed E-state index contributed by atoms with van der Waals surface area (Å²) in [7, 11) is 0. The van der Waals surface area contributed by atoms with Crippen LogP contribution in [-0.2, 0) is 4.79 Å². The van der Waals surface area contributed by atoms with E-state index in [0.717, 1.165) is 19.5 Å². The Balaban J connectivity index is 1.91. The van der Waals surface area contributed by atoms with Gasteiger partial charge in [-0.25, -0.2) is 4.79 Å². The molecule has 3 atom stereocenters. The first-order valence-electron chi connectivity index (χ1n) is 9.35. The van der Waals surface area contributed by atoms with Crippen molar-refractivity contribution in [3.63, 3.8) is 0 Å². The fourth-order valence-corrected chi connectivity index (χ4v) is 4.36. The monoisotopic (exact) mass is 375 g/mol. The third-order valence-electron chi connectivity index (χ3n) is 5.43. The van der Waals surface area contributed by atoms with Gasteiger partial charge in [0.05, 0.1) is 4.92 Å². The van der Waals surface area contributed by atoms with E-state index in [0.29, 0.717) is 36.9 Å². The highest BCUT2D eigenvalue weighted by atomic mass is 16.6. The van der Waals surface area contributed by atoms with Crippen LogP contribution in [0.4, 0.5) is 11.4 Å². The maximum absolute atomic E-state index is 12.8. The molecule has 8 nitrogen and oxygen atoms in total. The standard InChI is InChI=1S/C19H25N3O5/c1-12-8-13(2)11-20(10-12)15-6-5-14(9-17(15)22(26)27)18(23)21-7-3-4-16(21)19(24)25/h5-6,9,12-13,16H,3-4,7-8,10-11H2,1-2H3,(H,24,25)/t12?,13?,16-/m0/s1. The lowest BCUT2D eigenvalue weighted by Crippen LogP contribution is -2.40. The van der Waals surface area contributed by atoms with Crippen LogP contribution in [0.15, 0.2) is 18.2 Å². The number of nitrogens with zero attached hydrogens (tertiary/aromatic N) is 3. The van der Waals surface area contributed by atoms with Gasteiger partial charge in [0.1, 0.15) is 11.7 Å². The van der Waals surface area contributed by atoms with E-state index in [1.807, 2.05) is 4.90 Å². The van der Waals surface area contributed by atoms with E-state index in [2.05, 4.69) is 13.8 Å². The second-order valence-electron chi connectivity index (χ2n) is 7.81. The summed E-state index contributed by atoms with van der Waals surface area (Å²) in [5, 5.41) is 20.9. The van der Waals surface area contributed by atoms with E-state index >= 15 is 0 Å². The molecule has 2 saturated heterocycles. The van der Waals surface area contributed by atoms with Crippen LogP contribution in [0.1, 0.15) is 43.5 Å². The Kier molecular flexibility index (Phi) is 5.34. The number of carboxylic acids is 1. The fourth-order valence-electron chi connectivity index (χ4n) is 4.36. The Morgan fingerprint density at radius 1 is 1.22 bits per heavy atom. The zero-order chi connectivity index (χ0) is 19.7. The first-order valence-corrected chi connectivity index (χ1v) is 9.35. The van der Waals surface area contributed by atoms with Crippen LogP contribution >= 0.6 is 0 Å². The van der Waals surface area contributed by atoms with Crippen molar-refractivity contribution >= 4 is 23.3 Å². The summed E-state index contributed by atoms with van der Waals surface area (Å²) in [6, 6.07) is 3.63. The van der Waals surface area contributed by atoms with Crippen LogP contribution in [0, 0.1) is 22.0 Å². The number of anilines is 1. The smallest absolute Gasteiger partial charge is 0.326 e. The van der Waals surface area contributed by atoms with Crippen molar-refractivity contribution in [1.29, 1.82) is 0 Å². The van der Waals surface area contributed by atoms with Gasteiger partial charge in [-0.1, -0.05) is 13.8 Å². The molecule has 1 aromatic rings. The number of nitro groups is 1. The number of carbonyl (C=O) groups is 2. The Morgan fingerprint density at radius 3 is 2.48 bits per heavy atom. The van der Waals surface area contributed by atoms with Crippen LogP contribution < -0.4 is 4.90 Å². The maximum atomic E-state index is 12.8. The Bertz CT molecular complexity index is 756. The van der Waals surface area contributed by atoms with Gasteiger partial charge in [-0.3, -0.25) is 14.9 Å². The number of nitro benzene ring substituents is 1. The molecule has 0 bridgehead atoms. The topological polar surface area (TPSA) is 104 Å². The molecule has 2 heterocycles. The molecule has 2 aliphatic heterocycles. The van der Waals surface area contributed by atoms with Gasteiger partial charge in [-0.05, 0) is 43.2 Å². The van der Waals surface area contributed by atoms with Crippen LogP contribution in [-0.4, -0.2) is 52.5 Å². The molecule has 1 N–H and O–H groups in total. The van der Waals surface area contributed by atoms with Crippen molar-refractivity contribution in [1.82, 2.24) is 4.90 Å². The summed E-state index contributed by atoms with van der Waals surface area (Å²) >= 11 is 0. The van der Waals surface area contributed by atoms with Crippen LogP contribution in [0.2, 0.25) is 0 Å². The minimum atomic E-state index is -1.04. The molecule has 0 spiro atoms. The van der Waals surface area contributed by atoms with E-state index in [1.165, 1.54) is 11.0 Å². The van der Waals surface area contributed by atoms with E-state index < -0.39 is 22.8 Å². The van der Waals surface area contributed by atoms with Gasteiger partial charge in [0.15, 0.2) is 0 Å². The number of rotatable bonds is 4. The lowest BCUT2D eigenvalue weighted by Gasteiger charge is -2.36. The molecule has 0 radical (unpaired) electrons. The molecule has 2 unspecified atom stereocenters. The zero-order valence-electron chi connectivity index (χ0n) is 15.6. The molecule has 3 rings (SSSR count). The van der Waals surface area contributed by atoms with E-state index in [4.69, 9.17) is 0 Å². The SMILES string of the molecule is CC1CC(C)CN(c2ccc(C(=O)N3CCC[C@H]3C(=O)O)cc2[N+](=O)[O-])C1.